The van der Waals surface area contributed by atoms with E-state index in [1.54, 1.807) is 31.3 Å². The minimum atomic E-state index is -3.91. The van der Waals surface area contributed by atoms with Crippen LogP contribution in [0.5, 0.6) is 0 Å². The molecule has 2 fully saturated rings. The molecule has 2 aromatic rings. The van der Waals surface area contributed by atoms with Crippen LogP contribution in [0.1, 0.15) is 25.8 Å². The van der Waals surface area contributed by atoms with E-state index in [-0.39, 0.29) is 42.7 Å². The van der Waals surface area contributed by atoms with Crippen molar-refractivity contribution in [1.82, 2.24) is 9.62 Å². The van der Waals surface area contributed by atoms with Crippen LogP contribution in [-0.2, 0) is 30.7 Å². The van der Waals surface area contributed by atoms with Crippen molar-refractivity contribution in [2.24, 2.45) is 11.8 Å². The lowest BCUT2D eigenvalue weighted by Gasteiger charge is -2.31. The number of ether oxygens (including phenoxy) is 3. The lowest BCUT2D eigenvalue weighted by Crippen LogP contribution is -2.51. The molecule has 2 heterocycles. The van der Waals surface area contributed by atoms with E-state index >= 15 is 0 Å². The summed E-state index contributed by atoms with van der Waals surface area (Å²) < 4.78 is 45.2. The number of hydrogen-bond acceptors (Lipinski definition) is 8. The second kappa shape index (κ2) is 13.1. The zero-order chi connectivity index (χ0) is 28.0. The summed E-state index contributed by atoms with van der Waals surface area (Å²) in [6.45, 7) is 4.65. The molecule has 0 saturated carbocycles. The Morgan fingerprint density at radius 3 is 2.49 bits per heavy atom. The molecule has 0 spiro atoms. The van der Waals surface area contributed by atoms with E-state index in [9.17, 15) is 18.3 Å². The highest BCUT2D eigenvalue weighted by atomic mass is 32.2. The SMILES string of the molecule is CNc1ccc(S(=O)(=O)N(CC(C)C)CC(O)C(Cc2ccccc2)NC(=O)OC2COC3OCCC23)cc1. The molecule has 39 heavy (non-hydrogen) atoms. The normalized spacial score (nSPS) is 22.5. The molecule has 2 aliphatic rings. The predicted octanol–water partition coefficient (Wildman–Crippen LogP) is 2.83. The van der Waals surface area contributed by atoms with Crippen LogP contribution in [0.25, 0.3) is 0 Å². The number of carbonyl (C=O) groups excluding carboxylic acids is 1. The minimum Gasteiger partial charge on any atom is -0.443 e. The number of aliphatic hydroxyl groups is 1. The van der Waals surface area contributed by atoms with Gasteiger partial charge in [-0.1, -0.05) is 44.2 Å². The van der Waals surface area contributed by atoms with E-state index in [2.05, 4.69) is 10.6 Å². The van der Waals surface area contributed by atoms with Gasteiger partial charge in [-0.25, -0.2) is 13.2 Å². The molecule has 5 atom stereocenters. The highest BCUT2D eigenvalue weighted by Crippen LogP contribution is 2.33. The Hall–Kier alpha value is -2.70. The molecule has 11 heteroatoms. The van der Waals surface area contributed by atoms with Gasteiger partial charge in [-0.05, 0) is 48.6 Å². The van der Waals surface area contributed by atoms with Crippen LogP contribution < -0.4 is 10.6 Å². The Kier molecular flexibility index (Phi) is 9.84. The molecule has 4 rings (SSSR count). The second-order valence-corrected chi connectivity index (χ2v) is 12.4. The number of sulfonamides is 1. The van der Waals surface area contributed by atoms with Crippen molar-refractivity contribution in [1.29, 1.82) is 0 Å². The predicted molar refractivity (Wildman–Crippen MR) is 147 cm³/mol. The third kappa shape index (κ3) is 7.49. The van der Waals surface area contributed by atoms with Gasteiger partial charge in [-0.3, -0.25) is 0 Å². The average molecular weight is 562 g/mol. The fourth-order valence-corrected chi connectivity index (χ4v) is 6.60. The summed E-state index contributed by atoms with van der Waals surface area (Å²) in [5.74, 6) is -0.00721. The molecule has 2 aromatic carbocycles. The number of amides is 1. The van der Waals surface area contributed by atoms with Crippen molar-refractivity contribution in [3.63, 3.8) is 0 Å². The molecule has 0 radical (unpaired) electrons. The van der Waals surface area contributed by atoms with Crippen LogP contribution >= 0.6 is 0 Å². The molecular formula is C28H39N3O7S. The van der Waals surface area contributed by atoms with Gasteiger partial charge in [-0.15, -0.1) is 0 Å². The molecule has 1 amide bonds. The number of rotatable bonds is 12. The van der Waals surface area contributed by atoms with E-state index in [1.807, 2.05) is 44.2 Å². The monoisotopic (exact) mass is 561 g/mol. The molecule has 0 aromatic heterocycles. The first-order valence-corrected chi connectivity index (χ1v) is 14.8. The van der Waals surface area contributed by atoms with Crippen LogP contribution in [0, 0.1) is 11.8 Å². The fourth-order valence-electron chi connectivity index (χ4n) is 4.98. The van der Waals surface area contributed by atoms with E-state index in [4.69, 9.17) is 14.2 Å². The smallest absolute Gasteiger partial charge is 0.407 e. The first kappa shape index (κ1) is 29.3. The highest BCUT2D eigenvalue weighted by Gasteiger charge is 2.44. The number of alkyl carbamates (subject to hydrolysis) is 1. The van der Waals surface area contributed by atoms with E-state index in [0.717, 1.165) is 17.7 Å². The number of aliphatic hydroxyl groups excluding tert-OH is 1. The molecule has 2 aliphatic heterocycles. The van der Waals surface area contributed by atoms with Crippen molar-refractivity contribution >= 4 is 21.8 Å². The maximum atomic E-state index is 13.6. The lowest BCUT2D eigenvalue weighted by molar-refractivity contribution is -0.0907. The number of hydrogen-bond donors (Lipinski definition) is 3. The van der Waals surface area contributed by atoms with Gasteiger partial charge >= 0.3 is 6.09 Å². The maximum Gasteiger partial charge on any atom is 0.407 e. The van der Waals surface area contributed by atoms with Crippen LogP contribution in [-0.4, -0.2) is 81.8 Å². The van der Waals surface area contributed by atoms with Gasteiger partial charge in [0.15, 0.2) is 6.29 Å². The molecular weight excluding hydrogens is 522 g/mol. The van der Waals surface area contributed by atoms with Gasteiger partial charge in [0.25, 0.3) is 0 Å². The lowest BCUT2D eigenvalue weighted by atomic mass is 10.0. The number of carbonyl (C=O) groups is 1. The Bertz CT molecular complexity index is 1180. The molecule has 214 valence electrons. The van der Waals surface area contributed by atoms with Crippen LogP contribution in [0.2, 0.25) is 0 Å². The third-order valence-corrected chi connectivity index (χ3v) is 8.90. The number of anilines is 1. The highest BCUT2D eigenvalue weighted by molar-refractivity contribution is 7.89. The Morgan fingerprint density at radius 2 is 1.82 bits per heavy atom. The van der Waals surface area contributed by atoms with Crippen molar-refractivity contribution in [2.45, 2.75) is 56.1 Å². The summed E-state index contributed by atoms with van der Waals surface area (Å²) >= 11 is 0. The van der Waals surface area contributed by atoms with E-state index in [0.29, 0.717) is 13.0 Å². The summed E-state index contributed by atoms with van der Waals surface area (Å²) in [4.78, 5) is 13.1. The van der Waals surface area contributed by atoms with Crippen molar-refractivity contribution < 1.29 is 32.5 Å². The first-order chi connectivity index (χ1) is 18.7. The summed E-state index contributed by atoms with van der Waals surface area (Å²) in [5.41, 5.74) is 1.68. The number of nitrogens with zero attached hydrogens (tertiary/aromatic N) is 1. The topological polar surface area (TPSA) is 126 Å². The van der Waals surface area contributed by atoms with Crippen LogP contribution in [0.15, 0.2) is 59.5 Å². The van der Waals surface area contributed by atoms with Crippen molar-refractivity contribution in [3.8, 4) is 0 Å². The summed E-state index contributed by atoms with van der Waals surface area (Å²) in [6, 6.07) is 15.1. The molecule has 2 saturated heterocycles. The number of nitrogens with one attached hydrogen (secondary N) is 2. The molecule has 0 bridgehead atoms. The maximum absolute atomic E-state index is 13.6. The summed E-state index contributed by atoms with van der Waals surface area (Å²) in [7, 11) is -2.15. The molecule has 3 N–H and O–H groups in total. The van der Waals surface area contributed by atoms with Gasteiger partial charge in [0.2, 0.25) is 10.0 Å². The molecule has 5 unspecified atom stereocenters. The number of fused-ring (bicyclic) bond motifs is 1. The van der Waals surface area contributed by atoms with Crippen molar-refractivity contribution in [3.05, 3.63) is 60.2 Å². The van der Waals surface area contributed by atoms with Crippen molar-refractivity contribution in [2.75, 3.05) is 38.7 Å². The Balaban J connectivity index is 1.51. The largest absolute Gasteiger partial charge is 0.443 e. The van der Waals surface area contributed by atoms with Gasteiger partial charge in [0, 0.05) is 25.8 Å². The standard InChI is InChI=1S/C28H39N3O7S/c1-19(2)16-31(39(34,35)22-11-9-21(29-3)10-12-22)17-25(32)24(15-20-7-5-4-6-8-20)30-28(33)38-26-18-37-27-23(26)13-14-36-27/h4-12,19,23-27,29,32H,13-18H2,1-3H3,(H,30,33). The molecule has 10 nitrogen and oxygen atoms in total. The zero-order valence-corrected chi connectivity index (χ0v) is 23.5. The van der Waals surface area contributed by atoms with E-state index < -0.39 is 34.4 Å². The van der Waals surface area contributed by atoms with Crippen LogP contribution in [0.3, 0.4) is 0 Å². The quantitative estimate of drug-likeness (QED) is 0.361. The average Bonchev–Trinajstić information content (AvgIpc) is 3.53. The molecule has 0 aliphatic carbocycles. The zero-order valence-electron chi connectivity index (χ0n) is 22.7. The van der Waals surface area contributed by atoms with Gasteiger partial charge in [0.1, 0.15) is 6.10 Å². The Labute approximate surface area is 230 Å². The minimum absolute atomic E-state index is 0.0120. The second-order valence-electron chi connectivity index (χ2n) is 10.5. The van der Waals surface area contributed by atoms with E-state index in [1.165, 1.54) is 4.31 Å². The summed E-state index contributed by atoms with van der Waals surface area (Å²) in [5, 5.41) is 17.2. The fraction of sp³-hybridized carbons (Fsp3) is 0.536. The van der Waals surface area contributed by atoms with Gasteiger partial charge in [0.05, 0.1) is 36.2 Å². The summed E-state index contributed by atoms with van der Waals surface area (Å²) in [6.07, 6.45) is -1.64. The van der Waals surface area contributed by atoms with Crippen LogP contribution in [0.4, 0.5) is 10.5 Å². The van der Waals surface area contributed by atoms with Gasteiger partial charge in [-0.2, -0.15) is 4.31 Å². The Morgan fingerprint density at radius 1 is 1.10 bits per heavy atom. The number of benzene rings is 2. The third-order valence-electron chi connectivity index (χ3n) is 7.05. The first-order valence-electron chi connectivity index (χ1n) is 13.4. The van der Waals surface area contributed by atoms with Gasteiger partial charge < -0.3 is 30.0 Å².